The Bertz CT molecular complexity index is 1120. The van der Waals surface area contributed by atoms with Crippen LogP contribution >= 0.6 is 11.6 Å². The van der Waals surface area contributed by atoms with Crippen LogP contribution in [-0.4, -0.2) is 28.8 Å². The third kappa shape index (κ3) is 7.19. The SMILES string of the molecule is Cc1ccc(CC(=O)N(Cc2cccc(Cl)c2)[C@@H](Cc2ccccc2)C(=O)NC2CCCC2)cc1. The molecule has 0 radical (unpaired) electrons. The summed E-state index contributed by atoms with van der Waals surface area (Å²) < 4.78 is 0. The van der Waals surface area contributed by atoms with Crippen molar-refractivity contribution in [2.45, 2.75) is 64.1 Å². The second kappa shape index (κ2) is 12.0. The zero-order valence-corrected chi connectivity index (χ0v) is 21.0. The molecule has 1 atom stereocenters. The summed E-state index contributed by atoms with van der Waals surface area (Å²) in [6.45, 7) is 2.35. The highest BCUT2D eigenvalue weighted by Crippen LogP contribution is 2.21. The molecule has 0 spiro atoms. The lowest BCUT2D eigenvalue weighted by Crippen LogP contribution is -2.52. The van der Waals surface area contributed by atoms with E-state index >= 15 is 0 Å². The number of amides is 2. The van der Waals surface area contributed by atoms with E-state index in [1.807, 2.05) is 85.8 Å². The molecule has 182 valence electrons. The highest BCUT2D eigenvalue weighted by molar-refractivity contribution is 6.30. The maximum Gasteiger partial charge on any atom is 0.243 e. The van der Waals surface area contributed by atoms with Gasteiger partial charge in [-0.05, 0) is 48.6 Å². The Morgan fingerprint density at radius 1 is 0.914 bits per heavy atom. The Labute approximate surface area is 213 Å². The van der Waals surface area contributed by atoms with Crippen LogP contribution in [0.2, 0.25) is 5.02 Å². The first-order valence-corrected chi connectivity index (χ1v) is 12.8. The smallest absolute Gasteiger partial charge is 0.243 e. The Hall–Kier alpha value is -3.11. The van der Waals surface area contributed by atoms with Gasteiger partial charge in [-0.25, -0.2) is 0 Å². The van der Waals surface area contributed by atoms with Gasteiger partial charge in [0.25, 0.3) is 0 Å². The van der Waals surface area contributed by atoms with Crippen LogP contribution in [0.3, 0.4) is 0 Å². The van der Waals surface area contributed by atoms with Crippen molar-refractivity contribution in [3.63, 3.8) is 0 Å². The number of nitrogens with zero attached hydrogens (tertiary/aromatic N) is 1. The zero-order chi connectivity index (χ0) is 24.6. The number of aryl methyl sites for hydroxylation is 1. The molecule has 0 aliphatic heterocycles. The molecule has 5 heteroatoms. The molecule has 1 saturated carbocycles. The number of carbonyl (C=O) groups is 2. The monoisotopic (exact) mass is 488 g/mol. The minimum Gasteiger partial charge on any atom is -0.352 e. The maximum atomic E-state index is 13.8. The number of carbonyl (C=O) groups excluding carboxylic acids is 2. The van der Waals surface area contributed by atoms with Gasteiger partial charge in [0.15, 0.2) is 0 Å². The summed E-state index contributed by atoms with van der Waals surface area (Å²) in [6.07, 6.45) is 4.95. The molecular weight excluding hydrogens is 456 g/mol. The molecule has 1 N–H and O–H groups in total. The lowest BCUT2D eigenvalue weighted by Gasteiger charge is -2.32. The largest absolute Gasteiger partial charge is 0.352 e. The lowest BCUT2D eigenvalue weighted by molar-refractivity contribution is -0.141. The Kier molecular flexibility index (Phi) is 8.59. The minimum absolute atomic E-state index is 0.0728. The standard InChI is InChI=1S/C30H33ClN2O2/c1-22-14-16-24(17-15-22)20-29(34)33(21-25-10-7-11-26(31)18-25)28(19-23-8-3-2-4-9-23)30(35)32-27-12-5-6-13-27/h2-4,7-11,14-18,27-28H,5-6,12-13,19-21H2,1H3,(H,32,35)/t28-/m0/s1. The van der Waals surface area contributed by atoms with Gasteiger partial charge in [-0.15, -0.1) is 0 Å². The molecular formula is C30H33ClN2O2. The molecule has 4 rings (SSSR count). The molecule has 3 aromatic carbocycles. The molecule has 0 aromatic heterocycles. The summed E-state index contributed by atoms with van der Waals surface area (Å²) in [7, 11) is 0. The Balaban J connectivity index is 1.65. The third-order valence-corrected chi connectivity index (χ3v) is 6.93. The van der Waals surface area contributed by atoms with E-state index in [1.54, 1.807) is 4.90 Å². The number of hydrogen-bond donors (Lipinski definition) is 1. The second-order valence-corrected chi connectivity index (χ2v) is 9.95. The summed E-state index contributed by atoms with van der Waals surface area (Å²) in [4.78, 5) is 29.2. The fourth-order valence-electron chi connectivity index (χ4n) is 4.74. The van der Waals surface area contributed by atoms with Crippen molar-refractivity contribution in [1.29, 1.82) is 0 Å². The molecule has 0 unspecified atom stereocenters. The highest BCUT2D eigenvalue weighted by atomic mass is 35.5. The topological polar surface area (TPSA) is 49.4 Å². The van der Waals surface area contributed by atoms with Crippen LogP contribution < -0.4 is 5.32 Å². The zero-order valence-electron chi connectivity index (χ0n) is 20.3. The predicted octanol–water partition coefficient (Wildman–Crippen LogP) is 5.89. The average molecular weight is 489 g/mol. The van der Waals surface area contributed by atoms with Crippen molar-refractivity contribution in [3.05, 3.63) is 106 Å². The van der Waals surface area contributed by atoms with Crippen LogP contribution in [0.25, 0.3) is 0 Å². The first-order chi connectivity index (χ1) is 17.0. The molecule has 1 aliphatic carbocycles. The van der Waals surface area contributed by atoms with E-state index in [9.17, 15) is 9.59 Å². The van der Waals surface area contributed by atoms with E-state index < -0.39 is 6.04 Å². The molecule has 35 heavy (non-hydrogen) atoms. The van der Waals surface area contributed by atoms with Crippen molar-refractivity contribution >= 4 is 23.4 Å². The van der Waals surface area contributed by atoms with E-state index in [4.69, 9.17) is 11.6 Å². The van der Waals surface area contributed by atoms with Gasteiger partial charge in [-0.2, -0.15) is 0 Å². The maximum absolute atomic E-state index is 13.8. The number of nitrogens with one attached hydrogen (secondary N) is 1. The van der Waals surface area contributed by atoms with Crippen molar-refractivity contribution in [3.8, 4) is 0 Å². The van der Waals surface area contributed by atoms with Crippen LogP contribution in [0.5, 0.6) is 0 Å². The van der Waals surface area contributed by atoms with E-state index in [-0.39, 0.29) is 24.3 Å². The number of hydrogen-bond acceptors (Lipinski definition) is 2. The van der Waals surface area contributed by atoms with Gasteiger partial charge >= 0.3 is 0 Å². The summed E-state index contributed by atoms with van der Waals surface area (Å²) in [5.41, 5.74) is 4.01. The molecule has 0 heterocycles. The molecule has 0 saturated heterocycles. The van der Waals surface area contributed by atoms with Crippen LogP contribution in [0.4, 0.5) is 0 Å². The molecule has 0 bridgehead atoms. The van der Waals surface area contributed by atoms with Crippen molar-refractivity contribution < 1.29 is 9.59 Å². The van der Waals surface area contributed by atoms with E-state index in [0.717, 1.165) is 47.9 Å². The van der Waals surface area contributed by atoms with Crippen LogP contribution in [0.1, 0.15) is 47.9 Å². The molecule has 1 aliphatic rings. The average Bonchev–Trinajstić information content (AvgIpc) is 3.36. The van der Waals surface area contributed by atoms with Crippen LogP contribution in [0.15, 0.2) is 78.9 Å². The van der Waals surface area contributed by atoms with Crippen LogP contribution in [0, 0.1) is 6.92 Å². The summed E-state index contributed by atoms with van der Waals surface area (Å²) in [5.74, 6) is -0.156. The van der Waals surface area contributed by atoms with E-state index in [0.29, 0.717) is 18.0 Å². The van der Waals surface area contributed by atoms with E-state index in [2.05, 4.69) is 5.32 Å². The molecule has 3 aromatic rings. The fraction of sp³-hybridized carbons (Fsp3) is 0.333. The van der Waals surface area contributed by atoms with Gasteiger partial charge in [0.05, 0.1) is 6.42 Å². The first kappa shape index (κ1) is 25.0. The Morgan fingerprint density at radius 3 is 2.29 bits per heavy atom. The molecule has 4 nitrogen and oxygen atoms in total. The van der Waals surface area contributed by atoms with Gasteiger partial charge in [-0.3, -0.25) is 9.59 Å². The summed E-state index contributed by atoms with van der Waals surface area (Å²) in [6, 6.07) is 25.0. The van der Waals surface area contributed by atoms with Crippen molar-refractivity contribution in [2.24, 2.45) is 0 Å². The van der Waals surface area contributed by atoms with E-state index in [1.165, 1.54) is 0 Å². The normalized spacial score (nSPS) is 14.5. The minimum atomic E-state index is -0.616. The van der Waals surface area contributed by atoms with Crippen molar-refractivity contribution in [1.82, 2.24) is 10.2 Å². The van der Waals surface area contributed by atoms with Gasteiger partial charge < -0.3 is 10.2 Å². The van der Waals surface area contributed by atoms with Gasteiger partial charge in [0, 0.05) is 24.0 Å². The third-order valence-electron chi connectivity index (χ3n) is 6.69. The molecule has 2 amide bonds. The number of halogens is 1. The highest BCUT2D eigenvalue weighted by Gasteiger charge is 2.32. The van der Waals surface area contributed by atoms with Gasteiger partial charge in [0.2, 0.25) is 11.8 Å². The predicted molar refractivity (Wildman–Crippen MR) is 141 cm³/mol. The van der Waals surface area contributed by atoms with Gasteiger partial charge in [-0.1, -0.05) is 96.7 Å². The second-order valence-electron chi connectivity index (χ2n) is 9.51. The summed E-state index contributed by atoms with van der Waals surface area (Å²) >= 11 is 6.25. The fourth-order valence-corrected chi connectivity index (χ4v) is 4.95. The van der Waals surface area contributed by atoms with Crippen LogP contribution in [-0.2, 0) is 29.0 Å². The number of rotatable bonds is 9. The Morgan fingerprint density at radius 2 is 1.60 bits per heavy atom. The van der Waals surface area contributed by atoms with Crippen molar-refractivity contribution in [2.75, 3.05) is 0 Å². The summed E-state index contributed by atoms with van der Waals surface area (Å²) in [5, 5.41) is 3.86. The first-order valence-electron chi connectivity index (χ1n) is 12.4. The lowest BCUT2D eigenvalue weighted by atomic mass is 10.0. The molecule has 1 fully saturated rings. The number of benzene rings is 3. The van der Waals surface area contributed by atoms with Gasteiger partial charge in [0.1, 0.15) is 6.04 Å². The quantitative estimate of drug-likeness (QED) is 0.408.